The van der Waals surface area contributed by atoms with Crippen molar-refractivity contribution >= 4 is 10.8 Å². The van der Waals surface area contributed by atoms with Crippen LogP contribution in [-0.4, -0.2) is 15.0 Å². The molecule has 0 saturated carbocycles. The summed E-state index contributed by atoms with van der Waals surface area (Å²) in [6.45, 7) is 0. The molecule has 1 aliphatic carbocycles. The van der Waals surface area contributed by atoms with Gasteiger partial charge in [0.15, 0.2) is 5.82 Å². The standard InChI is InChI=1S/C56H37N3/c1-4-16-40(17-5-1)55-58-52(39-31-29-38(30-32-39)41-18-15-35-57-37-41)36-53(59-55)47-34-33-46(44-23-10-11-24-45(44)47)48-26-14-28-51-54(48)49-25-12-13-27-50(49)56(51,42-19-6-2-7-20-42)43-21-8-3-9-22-43/h1-37H. The molecule has 0 N–H and O–H groups in total. The fourth-order valence-electron chi connectivity index (χ4n) is 9.29. The Morgan fingerprint density at radius 2 is 0.898 bits per heavy atom. The molecular formula is C56H37N3. The van der Waals surface area contributed by atoms with Crippen molar-refractivity contribution in [1.29, 1.82) is 0 Å². The number of fused-ring (bicyclic) bond motifs is 4. The van der Waals surface area contributed by atoms with E-state index in [1.807, 2.05) is 30.5 Å². The molecule has 2 aromatic heterocycles. The number of hydrogen-bond donors (Lipinski definition) is 0. The smallest absolute Gasteiger partial charge is 0.160 e. The maximum absolute atomic E-state index is 5.27. The van der Waals surface area contributed by atoms with Crippen molar-refractivity contribution in [3.05, 3.63) is 247 Å². The number of pyridine rings is 1. The summed E-state index contributed by atoms with van der Waals surface area (Å²) in [7, 11) is 0. The number of benzene rings is 8. The van der Waals surface area contributed by atoms with Gasteiger partial charge >= 0.3 is 0 Å². The largest absolute Gasteiger partial charge is 0.264 e. The quantitative estimate of drug-likeness (QED) is 0.163. The monoisotopic (exact) mass is 751 g/mol. The summed E-state index contributed by atoms with van der Waals surface area (Å²) in [4.78, 5) is 14.7. The molecule has 59 heavy (non-hydrogen) atoms. The molecule has 1 aliphatic rings. The first-order chi connectivity index (χ1) is 29.3. The van der Waals surface area contributed by atoms with Crippen LogP contribution in [0.4, 0.5) is 0 Å². The number of hydrogen-bond acceptors (Lipinski definition) is 3. The Morgan fingerprint density at radius 1 is 0.339 bits per heavy atom. The first kappa shape index (κ1) is 34.5. The molecule has 0 amide bonds. The van der Waals surface area contributed by atoms with Crippen LogP contribution in [0.1, 0.15) is 22.3 Å². The van der Waals surface area contributed by atoms with Gasteiger partial charge < -0.3 is 0 Å². The van der Waals surface area contributed by atoms with Crippen molar-refractivity contribution in [2.24, 2.45) is 0 Å². The van der Waals surface area contributed by atoms with Crippen LogP contribution in [0.3, 0.4) is 0 Å². The summed E-state index contributed by atoms with van der Waals surface area (Å²) in [5.74, 6) is 0.693. The molecule has 276 valence electrons. The minimum Gasteiger partial charge on any atom is -0.264 e. The molecule has 3 nitrogen and oxygen atoms in total. The van der Waals surface area contributed by atoms with Crippen molar-refractivity contribution in [1.82, 2.24) is 15.0 Å². The zero-order chi connectivity index (χ0) is 39.2. The van der Waals surface area contributed by atoms with Gasteiger partial charge in [0.05, 0.1) is 16.8 Å². The maximum atomic E-state index is 5.27. The molecule has 0 saturated heterocycles. The molecule has 0 atom stereocenters. The molecular weight excluding hydrogens is 715 g/mol. The topological polar surface area (TPSA) is 38.7 Å². The van der Waals surface area contributed by atoms with E-state index in [1.54, 1.807) is 6.20 Å². The van der Waals surface area contributed by atoms with Gasteiger partial charge in [0.2, 0.25) is 0 Å². The zero-order valence-corrected chi connectivity index (χ0v) is 32.2. The Labute approximate surface area is 344 Å². The lowest BCUT2D eigenvalue weighted by Gasteiger charge is -2.34. The molecule has 0 bridgehead atoms. The first-order valence-corrected chi connectivity index (χ1v) is 20.1. The highest BCUT2D eigenvalue weighted by Crippen LogP contribution is 2.58. The van der Waals surface area contributed by atoms with E-state index in [9.17, 15) is 0 Å². The molecule has 0 unspecified atom stereocenters. The third-order valence-corrected chi connectivity index (χ3v) is 11.9. The summed E-state index contributed by atoms with van der Waals surface area (Å²) in [6.07, 6.45) is 3.70. The lowest BCUT2D eigenvalue weighted by atomic mass is 9.67. The Kier molecular flexibility index (Phi) is 8.37. The summed E-state index contributed by atoms with van der Waals surface area (Å²) >= 11 is 0. The summed E-state index contributed by atoms with van der Waals surface area (Å²) < 4.78 is 0. The van der Waals surface area contributed by atoms with Gasteiger partial charge in [0.25, 0.3) is 0 Å². The van der Waals surface area contributed by atoms with E-state index >= 15 is 0 Å². The van der Waals surface area contributed by atoms with Crippen LogP contribution in [0.25, 0.3) is 78.1 Å². The van der Waals surface area contributed by atoms with E-state index in [2.05, 4.69) is 193 Å². The number of nitrogens with zero attached hydrogens (tertiary/aromatic N) is 3. The second-order valence-electron chi connectivity index (χ2n) is 15.1. The van der Waals surface area contributed by atoms with Crippen LogP contribution in [0.2, 0.25) is 0 Å². The summed E-state index contributed by atoms with van der Waals surface area (Å²) in [6, 6.07) is 76.2. The predicted molar refractivity (Wildman–Crippen MR) is 242 cm³/mol. The van der Waals surface area contributed by atoms with Crippen molar-refractivity contribution in [3.63, 3.8) is 0 Å². The molecule has 3 heteroatoms. The maximum Gasteiger partial charge on any atom is 0.160 e. The molecule has 0 aliphatic heterocycles. The predicted octanol–water partition coefficient (Wildman–Crippen LogP) is 13.7. The zero-order valence-electron chi connectivity index (χ0n) is 32.2. The Hall–Kier alpha value is -7.75. The van der Waals surface area contributed by atoms with E-state index in [-0.39, 0.29) is 0 Å². The lowest BCUT2D eigenvalue weighted by Crippen LogP contribution is -2.28. The van der Waals surface area contributed by atoms with Crippen molar-refractivity contribution in [2.45, 2.75) is 5.41 Å². The van der Waals surface area contributed by atoms with Gasteiger partial charge in [-0.3, -0.25) is 4.98 Å². The molecule has 0 radical (unpaired) electrons. The summed E-state index contributed by atoms with van der Waals surface area (Å²) in [5, 5.41) is 2.32. The summed E-state index contributed by atoms with van der Waals surface area (Å²) in [5.41, 5.74) is 16.6. The van der Waals surface area contributed by atoms with Gasteiger partial charge in [0, 0.05) is 29.1 Å². The van der Waals surface area contributed by atoms with E-state index in [4.69, 9.17) is 9.97 Å². The molecule has 8 aromatic carbocycles. The third-order valence-electron chi connectivity index (χ3n) is 11.9. The second kappa shape index (κ2) is 14.3. The van der Waals surface area contributed by atoms with Gasteiger partial charge in [-0.05, 0) is 78.5 Å². The van der Waals surface area contributed by atoms with Gasteiger partial charge in [-0.1, -0.05) is 200 Å². The number of rotatable bonds is 7. The molecule has 0 fully saturated rings. The van der Waals surface area contributed by atoms with Gasteiger partial charge in [-0.15, -0.1) is 0 Å². The van der Waals surface area contributed by atoms with Crippen LogP contribution in [0.5, 0.6) is 0 Å². The van der Waals surface area contributed by atoms with E-state index in [0.717, 1.165) is 44.6 Å². The minimum atomic E-state index is -0.471. The highest BCUT2D eigenvalue weighted by Gasteiger charge is 2.46. The van der Waals surface area contributed by atoms with Gasteiger partial charge in [-0.2, -0.15) is 0 Å². The van der Waals surface area contributed by atoms with Crippen LogP contribution in [-0.2, 0) is 5.41 Å². The lowest BCUT2D eigenvalue weighted by molar-refractivity contribution is 0.768. The third kappa shape index (κ3) is 5.70. The Morgan fingerprint density at radius 3 is 1.61 bits per heavy atom. The highest BCUT2D eigenvalue weighted by molar-refractivity contribution is 6.08. The van der Waals surface area contributed by atoms with Gasteiger partial charge in [-0.25, -0.2) is 9.97 Å². The number of aromatic nitrogens is 3. The second-order valence-corrected chi connectivity index (χ2v) is 15.1. The van der Waals surface area contributed by atoms with Crippen LogP contribution < -0.4 is 0 Å². The van der Waals surface area contributed by atoms with Crippen LogP contribution in [0.15, 0.2) is 225 Å². The first-order valence-electron chi connectivity index (χ1n) is 20.1. The van der Waals surface area contributed by atoms with Crippen molar-refractivity contribution in [2.75, 3.05) is 0 Å². The van der Waals surface area contributed by atoms with Crippen LogP contribution >= 0.6 is 0 Å². The Bertz CT molecular complexity index is 3080. The SMILES string of the molecule is c1ccc(-c2nc(-c3ccc(-c4cccnc4)cc3)cc(-c3ccc(-c4cccc5c4-c4ccccc4C5(c4ccccc4)c4ccccc4)c4ccccc34)n2)cc1. The van der Waals surface area contributed by atoms with Crippen LogP contribution in [0, 0.1) is 0 Å². The minimum absolute atomic E-state index is 0.471. The van der Waals surface area contributed by atoms with Gasteiger partial charge in [0.1, 0.15) is 0 Å². The average molecular weight is 752 g/mol. The normalized spacial score (nSPS) is 12.5. The fourth-order valence-corrected chi connectivity index (χ4v) is 9.29. The fraction of sp³-hybridized carbons (Fsp3) is 0.0179. The van der Waals surface area contributed by atoms with E-state index in [0.29, 0.717) is 5.82 Å². The molecule has 11 rings (SSSR count). The van der Waals surface area contributed by atoms with Crippen molar-refractivity contribution < 1.29 is 0 Å². The average Bonchev–Trinajstić information content (AvgIpc) is 3.63. The van der Waals surface area contributed by atoms with Crippen molar-refractivity contribution in [3.8, 4) is 67.3 Å². The molecule has 2 heterocycles. The Balaban J connectivity index is 1.11. The molecule has 0 spiro atoms. The van der Waals surface area contributed by atoms with E-state index in [1.165, 1.54) is 49.9 Å². The molecule has 10 aromatic rings. The highest BCUT2D eigenvalue weighted by atomic mass is 14.9. The van der Waals surface area contributed by atoms with E-state index < -0.39 is 5.41 Å².